The standard InChI is InChI=1S/C79H105FN14O8S3/c1-51-38-63(88-89-68(51)87-73-84-59-22-17-18-23-61(59)105-73)92(62-30-29-57(65(85-62)71(99)100)58-41-83-94(53(58)3)49-77-44-75(6)43-76(7,45-77)47-78(46-75,48-77)102-36-35-90(8)9)34-20-19-33-91(10)64(96)24-16-14-12-11-13-15-21-37-104-74(4,5)67(86-72(101)79(80)31-32-79)70(98)93-42-56(95)39-60(93)69(97)81-40-54-25-27-55(28-26-54)66-52(2)82-50-103-66/h17-18,22-23,25-30,38,41,50,56,60,67,95H,11-16,19-21,24,31-37,39-40,42-49H2,1-10H3,(H,81,97)(H,86,101)(H,99,100)(H,84,87,89)/t56-,60+,67-,75?,76?,77?,78?/m1/s1. The number of carbonyl (C=O) groups excluding carboxylic acids is 4. The predicted molar refractivity (Wildman–Crippen MR) is 413 cm³/mol. The van der Waals surface area contributed by atoms with Gasteiger partial charge in [-0.15, -0.1) is 21.5 Å². The SMILES string of the molecule is Cc1cc(N(CCCCN(C)C(=O)CCCCCCCCCSC(C)(C)[C@H](NC(=O)C2(F)CC2)C(=O)N2C[C@H](O)C[C@H]2C(=O)NCc2ccc(-c3scnc3C)cc2)c2ccc(-c3cnn(CC45CC6(C)CC(C)(C4)CC(OCCN(C)C)(C6)C5)c3C)c(C(=O)O)n2)nnc1Nc1nc2ccccc2s1. The molecule has 5 aliphatic carbocycles. The van der Waals surface area contributed by atoms with E-state index in [9.17, 15) is 34.2 Å². The fourth-order valence-corrected chi connectivity index (χ4v) is 20.6. The Hall–Kier alpha value is -7.49. The molecule has 564 valence electrons. The van der Waals surface area contributed by atoms with Gasteiger partial charge in [0.15, 0.2) is 28.1 Å². The smallest absolute Gasteiger partial charge is 0.355 e. The molecule has 5 atom stereocenters. The summed E-state index contributed by atoms with van der Waals surface area (Å²) >= 11 is 4.62. The van der Waals surface area contributed by atoms with E-state index in [1.165, 1.54) is 34.4 Å². The molecule has 4 amide bonds. The van der Waals surface area contributed by atoms with E-state index in [4.69, 9.17) is 24.9 Å². The number of benzene rings is 2. The van der Waals surface area contributed by atoms with Crippen LogP contribution in [0.1, 0.15) is 183 Å². The van der Waals surface area contributed by atoms with Crippen LogP contribution in [0.25, 0.3) is 31.8 Å². The highest BCUT2D eigenvalue weighted by Gasteiger charge is 2.66. The van der Waals surface area contributed by atoms with E-state index in [2.05, 4.69) is 63.6 Å². The van der Waals surface area contributed by atoms with Crippen LogP contribution in [0.15, 0.2) is 78.4 Å². The number of carboxylic acid groups (broad SMARTS) is 1. The predicted octanol–water partition coefficient (Wildman–Crippen LogP) is 13.8. The van der Waals surface area contributed by atoms with Crippen LogP contribution in [-0.2, 0) is 37.0 Å². The van der Waals surface area contributed by atoms with Gasteiger partial charge in [-0.3, -0.25) is 23.9 Å². The second-order valence-corrected chi connectivity index (χ2v) is 36.0. The van der Waals surface area contributed by atoms with Crippen LogP contribution < -0.4 is 20.9 Å². The molecule has 6 aliphatic rings. The molecule has 13 rings (SSSR count). The summed E-state index contributed by atoms with van der Waals surface area (Å²) in [4.78, 5) is 90.9. The summed E-state index contributed by atoms with van der Waals surface area (Å²) in [5.41, 5.74) is 6.53. The van der Waals surface area contributed by atoms with Gasteiger partial charge in [0.25, 0.3) is 5.91 Å². The highest BCUT2D eigenvalue weighted by molar-refractivity contribution is 8.00. The Kier molecular flexibility index (Phi) is 23.6. The quantitative estimate of drug-likeness (QED) is 0.0228. The lowest BCUT2D eigenvalue weighted by Gasteiger charge is -2.69. The van der Waals surface area contributed by atoms with Crippen molar-refractivity contribution in [1.82, 2.24) is 60.3 Å². The van der Waals surface area contributed by atoms with Gasteiger partial charge in [0.2, 0.25) is 17.7 Å². The molecule has 26 heteroatoms. The van der Waals surface area contributed by atoms with Gasteiger partial charge in [-0.25, -0.2) is 24.1 Å². The van der Waals surface area contributed by atoms with Crippen LogP contribution in [0.2, 0.25) is 0 Å². The number of anilines is 4. The number of para-hydroxylation sites is 1. The molecule has 6 fully saturated rings. The zero-order valence-corrected chi connectivity index (χ0v) is 65.1. The van der Waals surface area contributed by atoms with Crippen molar-refractivity contribution in [2.24, 2.45) is 16.2 Å². The summed E-state index contributed by atoms with van der Waals surface area (Å²) in [5.74, 6) is -0.700. The second kappa shape index (κ2) is 32.1. The zero-order chi connectivity index (χ0) is 74.6. The number of aryl methyl sites for hydroxylation is 2. The summed E-state index contributed by atoms with van der Waals surface area (Å²) in [7, 11) is 6.02. The number of halogens is 1. The number of thioether (sulfide) groups is 1. The van der Waals surface area contributed by atoms with Gasteiger partial charge in [0, 0.05) is 80.7 Å². The topological polar surface area (TPSA) is 266 Å². The number of likely N-dealkylation sites (N-methyl/N-ethyl adjacent to an activating group) is 1. The summed E-state index contributed by atoms with van der Waals surface area (Å²) in [6, 6.07) is 19.3. The average molecular weight is 1490 g/mol. The minimum atomic E-state index is -2.02. The maximum Gasteiger partial charge on any atom is 0.355 e. The number of pyridine rings is 1. The minimum absolute atomic E-state index is 0.00400. The van der Waals surface area contributed by atoms with Gasteiger partial charge < -0.3 is 50.5 Å². The molecule has 7 aromatic rings. The number of fused-ring (bicyclic) bond motifs is 1. The van der Waals surface area contributed by atoms with Gasteiger partial charge in [-0.05, 0) is 195 Å². The number of hydrogen-bond acceptors (Lipinski definition) is 19. The molecule has 2 aromatic carbocycles. The molecule has 22 nitrogen and oxygen atoms in total. The van der Waals surface area contributed by atoms with Crippen LogP contribution in [-0.4, -0.2) is 183 Å². The highest BCUT2D eigenvalue weighted by atomic mass is 32.2. The lowest BCUT2D eigenvalue weighted by atomic mass is 9.39. The van der Waals surface area contributed by atoms with Crippen LogP contribution >= 0.6 is 34.4 Å². The Balaban J connectivity index is 0.617. The molecule has 2 unspecified atom stereocenters. The number of β-amino-alcohol motifs (C(OH)–C–C–N with tert-alkyl or cyclic N) is 1. The monoisotopic (exact) mass is 1490 g/mol. The fraction of sp³-hybridized carbons (Fsp3) is 0.582. The summed E-state index contributed by atoms with van der Waals surface area (Å²) in [6.07, 6.45) is 15.8. The average Bonchev–Trinajstić information content (AvgIpc) is 0.998. The Bertz CT molecular complexity index is 4220. The molecular formula is C79H105FN14O8S3. The molecular weight excluding hydrogens is 1390 g/mol. The largest absolute Gasteiger partial charge is 0.476 e. The minimum Gasteiger partial charge on any atom is -0.476 e. The van der Waals surface area contributed by atoms with E-state index in [-0.39, 0.29) is 65.8 Å². The number of hydrogen-bond donors (Lipinski definition) is 5. The normalized spacial score (nSPS) is 22.5. The lowest BCUT2D eigenvalue weighted by molar-refractivity contribution is -0.248. The molecule has 105 heavy (non-hydrogen) atoms. The number of aliphatic hydroxyl groups is 1. The number of rotatable bonds is 36. The van der Waals surface area contributed by atoms with Crippen LogP contribution in [0, 0.1) is 37.0 Å². The summed E-state index contributed by atoms with van der Waals surface area (Å²) in [6.45, 7) is 18.0. The summed E-state index contributed by atoms with van der Waals surface area (Å²) < 4.78 is 24.4. The fourth-order valence-electron chi connectivity index (χ4n) is 17.7. The van der Waals surface area contributed by atoms with Crippen molar-refractivity contribution in [3.63, 3.8) is 0 Å². The maximum absolute atomic E-state index is 15.2. The number of aromatic carboxylic acids is 1. The number of aliphatic hydroxyl groups excluding tert-OH is 1. The molecule has 0 spiro atoms. The Labute approximate surface area is 628 Å². The van der Waals surface area contributed by atoms with E-state index in [1.807, 2.05) is 119 Å². The number of aromatic nitrogens is 7. The number of nitrogens with one attached hydrogen (secondary N) is 3. The first-order valence-corrected chi connectivity index (χ1v) is 40.2. The maximum atomic E-state index is 15.2. The second-order valence-electron chi connectivity index (χ2n) is 32.3. The van der Waals surface area contributed by atoms with Gasteiger partial charge in [-0.1, -0.05) is 93.7 Å². The van der Waals surface area contributed by atoms with Crippen LogP contribution in [0.3, 0.4) is 0 Å². The molecule has 5 saturated carbocycles. The first kappa shape index (κ1) is 77.1. The van der Waals surface area contributed by atoms with Gasteiger partial charge >= 0.3 is 5.97 Å². The van der Waals surface area contributed by atoms with Crippen molar-refractivity contribution in [2.45, 2.75) is 218 Å². The number of unbranched alkanes of at least 4 members (excludes halogenated alkanes) is 7. The number of carbonyl (C=O) groups is 5. The highest BCUT2D eigenvalue weighted by Crippen LogP contribution is 2.72. The first-order valence-electron chi connectivity index (χ1n) is 37.5. The van der Waals surface area contributed by atoms with Gasteiger partial charge in [-0.2, -0.15) is 16.9 Å². The molecule has 5 aromatic heterocycles. The molecule has 5 N–H and O–H groups in total. The number of likely N-dealkylation sites (tertiary alicyclic amines) is 1. The van der Waals surface area contributed by atoms with Gasteiger partial charge in [0.05, 0.1) is 50.8 Å². The van der Waals surface area contributed by atoms with E-state index < -0.39 is 52.3 Å². The van der Waals surface area contributed by atoms with Crippen LogP contribution in [0.5, 0.6) is 0 Å². The van der Waals surface area contributed by atoms with Gasteiger partial charge in [0.1, 0.15) is 17.9 Å². The number of carboxylic acids is 1. The van der Waals surface area contributed by atoms with E-state index in [1.54, 1.807) is 22.4 Å². The number of ether oxygens (including phenoxy) is 1. The molecule has 4 bridgehead atoms. The summed E-state index contributed by atoms with van der Waals surface area (Å²) in [5, 5.41) is 45.9. The Morgan fingerprint density at radius 3 is 2.22 bits per heavy atom. The van der Waals surface area contributed by atoms with Crippen molar-refractivity contribution in [2.75, 3.05) is 69.9 Å². The lowest BCUT2D eigenvalue weighted by Crippen LogP contribution is -2.64. The Morgan fingerprint density at radius 2 is 1.53 bits per heavy atom. The van der Waals surface area contributed by atoms with Crippen molar-refractivity contribution >= 4 is 96.8 Å². The third-order valence-corrected chi connectivity index (χ3v) is 25.7. The molecule has 0 radical (unpaired) electrons. The number of alkyl halides is 1. The van der Waals surface area contributed by atoms with E-state index >= 15 is 4.39 Å². The van der Waals surface area contributed by atoms with Crippen molar-refractivity contribution < 1.29 is 43.3 Å². The van der Waals surface area contributed by atoms with Crippen molar-refractivity contribution in [3.05, 3.63) is 107 Å². The van der Waals surface area contributed by atoms with E-state index in [0.29, 0.717) is 72.9 Å². The Morgan fingerprint density at radius 1 is 0.819 bits per heavy atom. The third kappa shape index (κ3) is 18.2. The molecule has 1 saturated heterocycles. The van der Waals surface area contributed by atoms with Crippen LogP contribution in [0.4, 0.5) is 27.0 Å². The third-order valence-electron chi connectivity index (χ3n) is 22.3. The zero-order valence-electron chi connectivity index (χ0n) is 62.7. The molecule has 1 aliphatic heterocycles. The molecule has 6 heterocycles. The van der Waals surface area contributed by atoms with Crippen molar-refractivity contribution in [3.8, 4) is 21.6 Å². The number of amides is 4. The van der Waals surface area contributed by atoms with Crippen molar-refractivity contribution in [1.29, 1.82) is 0 Å². The number of thiazole rings is 2. The van der Waals surface area contributed by atoms with E-state index in [0.717, 1.165) is 139 Å². The number of nitrogens with zero attached hydrogens (tertiary/aromatic N) is 11. The first-order chi connectivity index (χ1) is 50.0.